The Kier molecular flexibility index (Phi) is 18.5. The first-order valence-electron chi connectivity index (χ1n) is 10.3. The Hall–Kier alpha value is -1.06. The van der Waals surface area contributed by atoms with Crippen molar-refractivity contribution in [1.82, 2.24) is 10.6 Å². The summed E-state index contributed by atoms with van der Waals surface area (Å²) < 4.78 is 21.3. The molecule has 0 saturated carbocycles. The zero-order chi connectivity index (χ0) is 21.0. The molecule has 0 aliphatic heterocycles. The molecule has 0 spiro atoms. The third-order valence-electron chi connectivity index (χ3n) is 3.86. The van der Waals surface area contributed by atoms with Crippen LogP contribution in [0.15, 0.2) is 0 Å². The monoisotopic (exact) mass is 404 g/mol. The summed E-state index contributed by atoms with van der Waals surface area (Å²) in [6.07, 6.45) is 1.89. The maximum atomic E-state index is 11.7. The molecule has 0 aromatic rings. The largest absolute Gasteiger partial charge is 0.378 e. The van der Waals surface area contributed by atoms with Gasteiger partial charge in [0.15, 0.2) is 5.78 Å². The van der Waals surface area contributed by atoms with E-state index in [9.17, 15) is 9.59 Å². The predicted molar refractivity (Wildman–Crippen MR) is 109 cm³/mol. The van der Waals surface area contributed by atoms with Gasteiger partial charge in [0.1, 0.15) is 13.2 Å². The van der Waals surface area contributed by atoms with Gasteiger partial charge in [0.25, 0.3) is 0 Å². The molecule has 0 aromatic carbocycles. The highest BCUT2D eigenvalue weighted by atomic mass is 16.5. The minimum atomic E-state index is -0.183. The Balaban J connectivity index is 3.32. The van der Waals surface area contributed by atoms with Crippen LogP contribution in [-0.2, 0) is 28.5 Å². The summed E-state index contributed by atoms with van der Waals surface area (Å²) >= 11 is 0. The first-order valence-corrected chi connectivity index (χ1v) is 10.3. The molecule has 0 aliphatic rings. The van der Waals surface area contributed by atoms with Crippen molar-refractivity contribution in [2.45, 2.75) is 46.6 Å². The Morgan fingerprint density at radius 1 is 0.786 bits per heavy atom. The lowest BCUT2D eigenvalue weighted by Crippen LogP contribution is -2.31. The van der Waals surface area contributed by atoms with Gasteiger partial charge in [-0.15, -0.1) is 0 Å². The van der Waals surface area contributed by atoms with Crippen molar-refractivity contribution in [2.75, 3.05) is 65.9 Å². The first kappa shape index (κ1) is 26.9. The molecular weight excluding hydrogens is 364 g/mol. The standard InChI is InChI=1S/C20H40N2O6/c1-5-6-18(4)19(23)15-27-13-11-26-10-8-22-20(24)16-28-14-12-25-9-7-21-17(2)3/h17-18,21H,5-16H2,1-4H3,(H,22,24). The fourth-order valence-electron chi connectivity index (χ4n) is 2.25. The number of amides is 1. The van der Waals surface area contributed by atoms with Gasteiger partial charge < -0.3 is 29.6 Å². The summed E-state index contributed by atoms with van der Waals surface area (Å²) in [6, 6.07) is 0.448. The van der Waals surface area contributed by atoms with Crippen LogP contribution in [0.25, 0.3) is 0 Å². The van der Waals surface area contributed by atoms with Crippen LogP contribution in [0.2, 0.25) is 0 Å². The molecule has 8 nitrogen and oxygen atoms in total. The van der Waals surface area contributed by atoms with Gasteiger partial charge in [0.05, 0.1) is 39.6 Å². The smallest absolute Gasteiger partial charge is 0.246 e. The van der Waals surface area contributed by atoms with E-state index in [2.05, 4.69) is 31.4 Å². The van der Waals surface area contributed by atoms with Crippen molar-refractivity contribution >= 4 is 11.7 Å². The normalized spacial score (nSPS) is 12.3. The first-order chi connectivity index (χ1) is 13.5. The van der Waals surface area contributed by atoms with Crippen molar-refractivity contribution in [3.8, 4) is 0 Å². The summed E-state index contributed by atoms with van der Waals surface area (Å²) in [5.74, 6) is 0.000340. The fraction of sp³-hybridized carbons (Fsp3) is 0.900. The Labute approximate surface area is 170 Å². The number of ether oxygens (including phenoxy) is 4. The second-order valence-corrected chi connectivity index (χ2v) is 6.94. The Bertz CT molecular complexity index is 393. The molecular formula is C20H40N2O6. The van der Waals surface area contributed by atoms with E-state index in [-0.39, 0.29) is 30.8 Å². The van der Waals surface area contributed by atoms with Gasteiger partial charge in [-0.25, -0.2) is 0 Å². The average Bonchev–Trinajstić information content (AvgIpc) is 2.65. The number of nitrogens with one attached hydrogen (secondary N) is 2. The molecule has 166 valence electrons. The van der Waals surface area contributed by atoms with Crippen LogP contribution in [-0.4, -0.2) is 83.7 Å². The lowest BCUT2D eigenvalue weighted by Gasteiger charge is -2.10. The highest BCUT2D eigenvalue weighted by Crippen LogP contribution is 2.06. The molecule has 1 amide bonds. The number of carbonyl (C=O) groups is 2. The third-order valence-corrected chi connectivity index (χ3v) is 3.86. The molecule has 28 heavy (non-hydrogen) atoms. The van der Waals surface area contributed by atoms with Crippen LogP contribution >= 0.6 is 0 Å². The number of Topliss-reactive ketones (excluding diaryl/α,β-unsaturated/α-hetero) is 1. The minimum absolute atomic E-state index is 0.00870. The number of rotatable bonds is 20. The molecule has 0 rings (SSSR count). The molecule has 0 saturated heterocycles. The minimum Gasteiger partial charge on any atom is -0.378 e. The van der Waals surface area contributed by atoms with Crippen molar-refractivity contribution in [3.05, 3.63) is 0 Å². The Morgan fingerprint density at radius 3 is 1.96 bits per heavy atom. The highest BCUT2D eigenvalue weighted by molar-refractivity contribution is 5.81. The van der Waals surface area contributed by atoms with Crippen LogP contribution < -0.4 is 10.6 Å². The lowest BCUT2D eigenvalue weighted by molar-refractivity contribution is -0.128. The van der Waals surface area contributed by atoms with E-state index in [0.29, 0.717) is 52.2 Å². The zero-order valence-electron chi connectivity index (χ0n) is 18.1. The molecule has 0 radical (unpaired) electrons. The van der Waals surface area contributed by atoms with Gasteiger partial charge in [-0.1, -0.05) is 34.1 Å². The summed E-state index contributed by atoms with van der Waals surface area (Å²) in [4.78, 5) is 23.3. The molecule has 0 heterocycles. The van der Waals surface area contributed by atoms with Gasteiger partial charge in [-0.3, -0.25) is 9.59 Å². The Morgan fingerprint density at radius 2 is 1.36 bits per heavy atom. The fourth-order valence-corrected chi connectivity index (χ4v) is 2.25. The van der Waals surface area contributed by atoms with E-state index in [1.807, 2.05) is 6.92 Å². The summed E-state index contributed by atoms with van der Waals surface area (Å²) in [5, 5.41) is 5.96. The van der Waals surface area contributed by atoms with E-state index in [4.69, 9.17) is 18.9 Å². The van der Waals surface area contributed by atoms with Crippen molar-refractivity contribution in [3.63, 3.8) is 0 Å². The van der Waals surface area contributed by atoms with E-state index >= 15 is 0 Å². The van der Waals surface area contributed by atoms with Gasteiger partial charge in [-0.05, 0) is 6.42 Å². The zero-order valence-corrected chi connectivity index (χ0v) is 18.1. The molecule has 0 aliphatic carbocycles. The van der Waals surface area contributed by atoms with Gasteiger partial charge in [-0.2, -0.15) is 0 Å². The number of carbonyl (C=O) groups excluding carboxylic acids is 2. The SMILES string of the molecule is CCCC(C)C(=O)COCCOCCNC(=O)COCCOCCNC(C)C. The summed E-state index contributed by atoms with van der Waals surface area (Å²) in [6.45, 7) is 12.1. The molecule has 0 aromatic heterocycles. The van der Waals surface area contributed by atoms with E-state index < -0.39 is 0 Å². The number of hydrogen-bond acceptors (Lipinski definition) is 7. The second-order valence-electron chi connectivity index (χ2n) is 6.94. The highest BCUT2D eigenvalue weighted by Gasteiger charge is 2.11. The topological polar surface area (TPSA) is 95.1 Å². The molecule has 8 heteroatoms. The van der Waals surface area contributed by atoms with E-state index in [1.54, 1.807) is 0 Å². The van der Waals surface area contributed by atoms with Gasteiger partial charge in [0, 0.05) is 25.0 Å². The van der Waals surface area contributed by atoms with Crippen molar-refractivity contribution in [1.29, 1.82) is 0 Å². The van der Waals surface area contributed by atoms with Crippen molar-refractivity contribution in [2.24, 2.45) is 5.92 Å². The number of hydrogen-bond donors (Lipinski definition) is 2. The third kappa shape index (κ3) is 18.3. The van der Waals surface area contributed by atoms with Gasteiger partial charge in [0.2, 0.25) is 5.91 Å². The summed E-state index contributed by atoms with van der Waals surface area (Å²) in [7, 11) is 0. The molecule has 0 bridgehead atoms. The average molecular weight is 405 g/mol. The molecule has 0 fully saturated rings. The van der Waals surface area contributed by atoms with Crippen LogP contribution in [0.3, 0.4) is 0 Å². The predicted octanol–water partition coefficient (Wildman–Crippen LogP) is 1.17. The molecule has 1 unspecified atom stereocenters. The van der Waals surface area contributed by atoms with E-state index in [1.165, 1.54) is 0 Å². The lowest BCUT2D eigenvalue weighted by atomic mass is 10.0. The van der Waals surface area contributed by atoms with Crippen LogP contribution in [0.5, 0.6) is 0 Å². The molecule has 2 N–H and O–H groups in total. The quantitative estimate of drug-likeness (QED) is 0.294. The van der Waals surface area contributed by atoms with Crippen LogP contribution in [0, 0.1) is 5.92 Å². The number of ketones is 1. The van der Waals surface area contributed by atoms with Gasteiger partial charge >= 0.3 is 0 Å². The maximum absolute atomic E-state index is 11.7. The van der Waals surface area contributed by atoms with Crippen LogP contribution in [0.4, 0.5) is 0 Å². The van der Waals surface area contributed by atoms with Crippen molar-refractivity contribution < 1.29 is 28.5 Å². The van der Waals surface area contributed by atoms with E-state index in [0.717, 1.165) is 19.4 Å². The summed E-state index contributed by atoms with van der Waals surface area (Å²) in [5.41, 5.74) is 0. The molecule has 1 atom stereocenters. The second kappa shape index (κ2) is 19.3. The van der Waals surface area contributed by atoms with Crippen LogP contribution in [0.1, 0.15) is 40.5 Å². The maximum Gasteiger partial charge on any atom is 0.246 e.